The molecule has 414 valence electrons. The number of quaternary nitrogens is 1. The van der Waals surface area contributed by atoms with Gasteiger partial charge in [0.25, 0.3) is 0 Å². The van der Waals surface area contributed by atoms with Gasteiger partial charge in [0.2, 0.25) is 5.91 Å². The second-order valence-corrected chi connectivity index (χ2v) is 22.6. The molecule has 0 aromatic heterocycles. The lowest BCUT2D eigenvalue weighted by Gasteiger charge is -2.27. The van der Waals surface area contributed by atoms with Gasteiger partial charge in [-0.25, -0.2) is 4.57 Å². The van der Waals surface area contributed by atoms with Gasteiger partial charge in [-0.2, -0.15) is 0 Å². The number of allylic oxidation sites excluding steroid dienone is 9. The number of unbranched alkanes of at least 4 members (excludes halogenated alkanes) is 29. The highest BCUT2D eigenvalue weighted by Crippen LogP contribution is 2.43. The van der Waals surface area contributed by atoms with Crippen molar-refractivity contribution in [3.05, 3.63) is 60.8 Å². The molecule has 0 aliphatic carbocycles. The quantitative estimate of drug-likeness (QED) is 0.0205. The van der Waals surface area contributed by atoms with Crippen molar-refractivity contribution in [2.75, 3.05) is 40.9 Å². The Labute approximate surface area is 439 Å². The van der Waals surface area contributed by atoms with Crippen molar-refractivity contribution in [2.45, 2.75) is 277 Å². The first-order valence-electron chi connectivity index (χ1n) is 29.6. The molecule has 0 fully saturated rings. The summed E-state index contributed by atoms with van der Waals surface area (Å²) in [5, 5.41) is 3.01. The van der Waals surface area contributed by atoms with Crippen molar-refractivity contribution in [3.8, 4) is 0 Å². The maximum atomic E-state index is 13.5. The summed E-state index contributed by atoms with van der Waals surface area (Å²) >= 11 is 0. The second kappa shape index (κ2) is 51.2. The molecule has 71 heavy (non-hydrogen) atoms. The molecule has 0 aromatic carbocycles. The van der Waals surface area contributed by atoms with Crippen LogP contribution in [0.3, 0.4) is 0 Å². The third kappa shape index (κ3) is 52.4. The number of hydrogen-bond donors (Lipinski definition) is 2. The maximum Gasteiger partial charge on any atom is 0.472 e. The van der Waals surface area contributed by atoms with Gasteiger partial charge in [0, 0.05) is 12.8 Å². The zero-order valence-corrected chi connectivity index (χ0v) is 48.1. The van der Waals surface area contributed by atoms with E-state index < -0.39 is 20.0 Å². The Bertz CT molecular complexity index is 1400. The lowest BCUT2D eigenvalue weighted by Crippen LogP contribution is -2.47. The summed E-state index contributed by atoms with van der Waals surface area (Å²) in [6, 6.07) is -0.880. The fourth-order valence-electron chi connectivity index (χ4n) is 8.31. The largest absolute Gasteiger partial charge is 0.472 e. The third-order valence-corrected chi connectivity index (χ3v) is 13.9. The highest BCUT2D eigenvalue weighted by Gasteiger charge is 2.30. The zero-order chi connectivity index (χ0) is 52.2. The molecule has 10 heteroatoms. The summed E-state index contributed by atoms with van der Waals surface area (Å²) in [6.45, 7) is 6.94. The van der Waals surface area contributed by atoms with Crippen LogP contribution in [0.5, 0.6) is 0 Å². The number of hydrogen-bond acceptors (Lipinski definition) is 6. The predicted octanol–water partition coefficient (Wildman–Crippen LogP) is 17.9. The van der Waals surface area contributed by atoms with Crippen LogP contribution in [0, 0.1) is 0 Å². The monoisotopic (exact) mass is 1020 g/mol. The summed E-state index contributed by atoms with van der Waals surface area (Å²) in [5.41, 5.74) is 0. The minimum Gasteiger partial charge on any atom is -0.456 e. The van der Waals surface area contributed by atoms with Gasteiger partial charge in [-0.1, -0.05) is 230 Å². The van der Waals surface area contributed by atoms with Gasteiger partial charge in [-0.05, 0) is 83.1 Å². The van der Waals surface area contributed by atoms with Crippen LogP contribution in [0.1, 0.15) is 265 Å². The average molecular weight is 1020 g/mol. The highest BCUT2D eigenvalue weighted by molar-refractivity contribution is 7.47. The normalized spacial score (nSPS) is 14.2. The first-order chi connectivity index (χ1) is 34.4. The van der Waals surface area contributed by atoms with Gasteiger partial charge in [-0.3, -0.25) is 18.6 Å². The van der Waals surface area contributed by atoms with E-state index in [9.17, 15) is 19.0 Å². The minimum absolute atomic E-state index is 0.0295. The lowest BCUT2D eigenvalue weighted by atomic mass is 10.0. The van der Waals surface area contributed by atoms with E-state index in [1.807, 2.05) is 39.4 Å². The molecule has 0 radical (unpaired) electrons. The number of likely N-dealkylation sites (N-methyl/N-ethyl adjacent to an activating group) is 1. The predicted molar refractivity (Wildman–Crippen MR) is 305 cm³/mol. The highest BCUT2D eigenvalue weighted by atomic mass is 31.2. The van der Waals surface area contributed by atoms with E-state index in [-0.39, 0.29) is 37.9 Å². The number of ether oxygens (including phenoxy) is 1. The topological polar surface area (TPSA) is 111 Å². The van der Waals surface area contributed by atoms with Crippen LogP contribution >= 0.6 is 7.82 Å². The van der Waals surface area contributed by atoms with Crippen molar-refractivity contribution >= 4 is 19.7 Å². The van der Waals surface area contributed by atoms with Crippen molar-refractivity contribution in [1.29, 1.82) is 0 Å². The summed E-state index contributed by atoms with van der Waals surface area (Å²) in [4.78, 5) is 37.6. The molecule has 9 nitrogen and oxygen atoms in total. The molecule has 0 saturated heterocycles. The Balaban J connectivity index is 5.37. The number of phosphoric ester groups is 1. The first-order valence-corrected chi connectivity index (χ1v) is 31.1. The Morgan fingerprint density at radius 1 is 0.493 bits per heavy atom. The first kappa shape index (κ1) is 68.7. The molecule has 3 unspecified atom stereocenters. The molecule has 0 heterocycles. The van der Waals surface area contributed by atoms with Crippen LogP contribution < -0.4 is 5.32 Å². The van der Waals surface area contributed by atoms with E-state index >= 15 is 0 Å². The average Bonchev–Trinajstić information content (AvgIpc) is 3.33. The van der Waals surface area contributed by atoms with Gasteiger partial charge in [0.05, 0.1) is 33.8 Å². The number of carbonyl (C=O) groups is 2. The van der Waals surface area contributed by atoms with E-state index in [4.69, 9.17) is 13.8 Å². The zero-order valence-electron chi connectivity index (χ0n) is 47.2. The molecule has 3 atom stereocenters. The van der Waals surface area contributed by atoms with Crippen LogP contribution in [-0.4, -0.2) is 74.3 Å². The van der Waals surface area contributed by atoms with E-state index in [2.05, 4.69) is 68.6 Å². The van der Waals surface area contributed by atoms with Gasteiger partial charge in [-0.15, -0.1) is 0 Å². The van der Waals surface area contributed by atoms with Crippen molar-refractivity contribution in [3.63, 3.8) is 0 Å². The number of carbonyl (C=O) groups excluding carboxylic acids is 2. The van der Waals surface area contributed by atoms with Gasteiger partial charge < -0.3 is 19.4 Å². The number of nitrogens with one attached hydrogen (secondary N) is 1. The summed E-state index contributed by atoms with van der Waals surface area (Å²) < 4.78 is 30.6. The van der Waals surface area contributed by atoms with E-state index in [1.165, 1.54) is 167 Å². The van der Waals surface area contributed by atoms with Gasteiger partial charge >= 0.3 is 13.8 Å². The summed E-state index contributed by atoms with van der Waals surface area (Å²) in [6.07, 6.45) is 63.7. The number of esters is 1. The van der Waals surface area contributed by atoms with Crippen LogP contribution in [0.4, 0.5) is 0 Å². The molecule has 0 spiro atoms. The van der Waals surface area contributed by atoms with Crippen molar-refractivity contribution < 1.29 is 37.3 Å². The van der Waals surface area contributed by atoms with E-state index in [0.717, 1.165) is 57.8 Å². The summed E-state index contributed by atoms with van der Waals surface area (Å²) in [7, 11) is 1.46. The molecule has 2 N–H and O–H groups in total. The Morgan fingerprint density at radius 2 is 0.873 bits per heavy atom. The molecule has 0 saturated carbocycles. The van der Waals surface area contributed by atoms with Crippen LogP contribution in [0.25, 0.3) is 0 Å². The smallest absolute Gasteiger partial charge is 0.456 e. The third-order valence-electron chi connectivity index (χ3n) is 12.9. The Kier molecular flexibility index (Phi) is 49.6. The molecule has 0 aliphatic rings. The molecule has 0 rings (SSSR count). The molecule has 0 aliphatic heterocycles. The van der Waals surface area contributed by atoms with Crippen LogP contribution in [0.2, 0.25) is 0 Å². The van der Waals surface area contributed by atoms with Gasteiger partial charge in [0.1, 0.15) is 19.3 Å². The molecular formula is C61H114N2O7P+. The fraction of sp³-hybridized carbons (Fsp3) is 0.803. The maximum absolute atomic E-state index is 13.5. The van der Waals surface area contributed by atoms with Crippen molar-refractivity contribution in [2.24, 2.45) is 0 Å². The Hall–Kier alpha value is -2.29. The molecule has 0 bridgehead atoms. The van der Waals surface area contributed by atoms with E-state index in [1.54, 1.807) is 0 Å². The number of amides is 1. The number of rotatable bonds is 53. The minimum atomic E-state index is -4.46. The number of phosphoric acid groups is 1. The molecule has 1 amide bonds. The number of nitrogens with zero attached hydrogens (tertiary/aromatic N) is 1. The van der Waals surface area contributed by atoms with Crippen molar-refractivity contribution in [1.82, 2.24) is 5.32 Å². The lowest BCUT2D eigenvalue weighted by molar-refractivity contribution is -0.870. The summed E-state index contributed by atoms with van der Waals surface area (Å²) in [5.74, 6) is -0.585. The van der Waals surface area contributed by atoms with Gasteiger partial charge in [0.15, 0.2) is 0 Å². The Morgan fingerprint density at radius 3 is 1.32 bits per heavy atom. The van der Waals surface area contributed by atoms with Crippen LogP contribution in [0.15, 0.2) is 60.8 Å². The fourth-order valence-corrected chi connectivity index (χ4v) is 9.05. The molecular weight excluding hydrogens is 904 g/mol. The SMILES string of the molecule is CCCCC/C=C\C/C=C\CCCCCCCCCCCC(=O)OC(/C=C\CCCCCCCCCCCCC)C(COP(=O)(O)OCC[N+](C)(C)C)NC(=O)CC/C=C/C/C=C\CCCCCCCC. The van der Waals surface area contributed by atoms with Crippen LogP contribution in [-0.2, 0) is 27.9 Å². The van der Waals surface area contributed by atoms with E-state index in [0.29, 0.717) is 17.4 Å². The standard InChI is InChI=1S/C61H113N2O7P/c1-7-10-13-16-19-22-25-28-29-30-31-32-33-36-39-42-45-48-51-54-61(65)70-59(52-49-46-43-40-37-34-26-23-20-17-14-11-8-2)58(57-69-71(66,67)68-56-55-63(4,5)6)62-60(64)53-50-47-44-41-38-35-27-24-21-18-15-12-9-3/h19,22,28-29,35,38,44,47,49,52,58-59H,7-18,20-21,23-27,30-34,36-37,39-43,45-46,48,50-51,53-57H2,1-6H3,(H-,62,64,66,67)/p+1/b22-19-,29-28-,38-35-,47-44+,52-49-. The molecule has 0 aromatic rings. The second-order valence-electron chi connectivity index (χ2n) is 21.2.